The molecule has 2 aromatic carbocycles. The summed E-state index contributed by atoms with van der Waals surface area (Å²) < 4.78 is 31.9. The summed E-state index contributed by atoms with van der Waals surface area (Å²) >= 11 is 0. The third-order valence-electron chi connectivity index (χ3n) is 4.59. The molecule has 8 nitrogen and oxygen atoms in total. The van der Waals surface area contributed by atoms with Gasteiger partial charge in [0.25, 0.3) is 5.91 Å². The standard InChI is InChI=1S/C19H20N2O6S/c1-27-16-6-8-17(9-7-16)28(25,26)21-12-10-20(11-13-21)18(22)14-2-4-15(5-3-14)19(23)24/h2-9H,10-13H2,1H3,(H,23,24)/p-1. The summed E-state index contributed by atoms with van der Waals surface area (Å²) in [6.07, 6.45) is 0. The van der Waals surface area contributed by atoms with E-state index in [1.165, 1.54) is 47.8 Å². The third-order valence-corrected chi connectivity index (χ3v) is 6.50. The molecule has 0 aliphatic carbocycles. The zero-order chi connectivity index (χ0) is 20.3. The summed E-state index contributed by atoms with van der Waals surface area (Å²) in [7, 11) is -2.14. The van der Waals surface area contributed by atoms with Gasteiger partial charge in [0.15, 0.2) is 0 Å². The summed E-state index contributed by atoms with van der Waals surface area (Å²) in [6.45, 7) is 0.849. The number of rotatable bonds is 5. The normalized spacial score (nSPS) is 15.2. The number of hydrogen-bond donors (Lipinski definition) is 0. The highest BCUT2D eigenvalue weighted by atomic mass is 32.2. The first-order valence-corrected chi connectivity index (χ1v) is 10.0. The van der Waals surface area contributed by atoms with E-state index in [1.807, 2.05) is 0 Å². The molecule has 0 N–H and O–H groups in total. The maximum absolute atomic E-state index is 12.8. The molecular weight excluding hydrogens is 384 g/mol. The molecule has 0 bridgehead atoms. The third kappa shape index (κ3) is 4.00. The monoisotopic (exact) mass is 403 g/mol. The van der Waals surface area contributed by atoms with Crippen molar-refractivity contribution in [2.75, 3.05) is 33.3 Å². The first-order chi connectivity index (χ1) is 13.3. The van der Waals surface area contributed by atoms with Crippen LogP contribution in [0.5, 0.6) is 5.75 Å². The van der Waals surface area contributed by atoms with Crippen LogP contribution in [0.4, 0.5) is 0 Å². The molecule has 0 atom stereocenters. The minimum Gasteiger partial charge on any atom is -0.545 e. The Morgan fingerprint density at radius 1 is 0.893 bits per heavy atom. The van der Waals surface area contributed by atoms with Crippen LogP contribution in [0.15, 0.2) is 53.4 Å². The van der Waals surface area contributed by atoms with E-state index >= 15 is 0 Å². The van der Waals surface area contributed by atoms with E-state index in [9.17, 15) is 23.1 Å². The first-order valence-electron chi connectivity index (χ1n) is 8.58. The fourth-order valence-corrected chi connectivity index (χ4v) is 4.38. The highest BCUT2D eigenvalue weighted by molar-refractivity contribution is 7.89. The molecule has 1 fully saturated rings. The molecule has 9 heteroatoms. The lowest BCUT2D eigenvalue weighted by Crippen LogP contribution is -2.50. The highest BCUT2D eigenvalue weighted by Crippen LogP contribution is 2.21. The highest BCUT2D eigenvalue weighted by Gasteiger charge is 2.30. The number of ether oxygens (including phenoxy) is 1. The van der Waals surface area contributed by atoms with Crippen molar-refractivity contribution >= 4 is 21.9 Å². The molecule has 0 aromatic heterocycles. The minimum absolute atomic E-state index is 0.00745. The Labute approximate surface area is 163 Å². The smallest absolute Gasteiger partial charge is 0.253 e. The number of piperazine rings is 1. The van der Waals surface area contributed by atoms with E-state index in [2.05, 4.69) is 0 Å². The minimum atomic E-state index is -3.65. The van der Waals surface area contributed by atoms with Crippen molar-refractivity contribution in [3.05, 3.63) is 59.7 Å². The second-order valence-corrected chi connectivity index (χ2v) is 8.17. The summed E-state index contributed by atoms with van der Waals surface area (Å²) in [4.78, 5) is 25.1. The van der Waals surface area contributed by atoms with Gasteiger partial charge in [0.05, 0.1) is 18.0 Å². The molecule has 1 saturated heterocycles. The van der Waals surface area contributed by atoms with Gasteiger partial charge in [-0.1, -0.05) is 12.1 Å². The molecule has 0 saturated carbocycles. The van der Waals surface area contributed by atoms with Crippen LogP contribution >= 0.6 is 0 Å². The van der Waals surface area contributed by atoms with E-state index in [1.54, 1.807) is 17.0 Å². The summed E-state index contributed by atoms with van der Waals surface area (Å²) in [5, 5.41) is 10.8. The van der Waals surface area contributed by atoms with Crippen molar-refractivity contribution in [1.29, 1.82) is 0 Å². The fourth-order valence-electron chi connectivity index (χ4n) is 2.96. The molecule has 2 aromatic rings. The number of methoxy groups -OCH3 is 1. The Morgan fingerprint density at radius 3 is 1.93 bits per heavy atom. The van der Waals surface area contributed by atoms with Crippen molar-refractivity contribution < 1.29 is 27.9 Å². The van der Waals surface area contributed by atoms with E-state index in [-0.39, 0.29) is 42.5 Å². The maximum atomic E-state index is 12.8. The molecule has 0 radical (unpaired) electrons. The average Bonchev–Trinajstić information content (AvgIpc) is 2.73. The number of hydrogen-bond acceptors (Lipinski definition) is 6. The average molecular weight is 403 g/mol. The van der Waals surface area contributed by atoms with Crippen LogP contribution in [0.3, 0.4) is 0 Å². The zero-order valence-corrected chi connectivity index (χ0v) is 16.0. The van der Waals surface area contributed by atoms with Gasteiger partial charge in [0.2, 0.25) is 10.0 Å². The number of sulfonamides is 1. The quantitative estimate of drug-likeness (QED) is 0.706. The number of amides is 1. The second kappa shape index (κ2) is 7.99. The van der Waals surface area contributed by atoms with Gasteiger partial charge in [0, 0.05) is 31.7 Å². The van der Waals surface area contributed by atoms with E-state index in [4.69, 9.17) is 4.74 Å². The van der Waals surface area contributed by atoms with Crippen LogP contribution in [0.25, 0.3) is 0 Å². The number of carboxylic acid groups (broad SMARTS) is 1. The van der Waals surface area contributed by atoms with Gasteiger partial charge in [-0.15, -0.1) is 0 Å². The summed E-state index contributed by atoms with van der Waals surface area (Å²) in [6, 6.07) is 11.6. The van der Waals surface area contributed by atoms with Crippen LogP contribution in [-0.4, -0.2) is 62.8 Å². The van der Waals surface area contributed by atoms with Crippen molar-refractivity contribution in [3.63, 3.8) is 0 Å². The van der Waals surface area contributed by atoms with Crippen molar-refractivity contribution in [2.45, 2.75) is 4.90 Å². The molecular formula is C19H19N2O6S-. The molecule has 1 aliphatic rings. The lowest BCUT2D eigenvalue weighted by atomic mass is 10.1. The first kappa shape index (κ1) is 19.8. The largest absolute Gasteiger partial charge is 0.545 e. The van der Waals surface area contributed by atoms with Crippen molar-refractivity contribution in [3.8, 4) is 5.75 Å². The van der Waals surface area contributed by atoms with E-state index in [0.29, 0.717) is 11.3 Å². The van der Waals surface area contributed by atoms with Crippen molar-refractivity contribution in [1.82, 2.24) is 9.21 Å². The predicted octanol–water partition coefficient (Wildman–Crippen LogP) is 0.205. The van der Waals surface area contributed by atoms with Crippen LogP contribution in [-0.2, 0) is 10.0 Å². The van der Waals surface area contributed by atoms with Gasteiger partial charge in [-0.05, 0) is 42.0 Å². The maximum Gasteiger partial charge on any atom is 0.253 e. The fraction of sp³-hybridized carbons (Fsp3) is 0.263. The Hall–Kier alpha value is -2.91. The van der Waals surface area contributed by atoms with Crippen LogP contribution in [0.2, 0.25) is 0 Å². The van der Waals surface area contributed by atoms with Gasteiger partial charge < -0.3 is 19.5 Å². The van der Waals surface area contributed by atoms with Gasteiger partial charge in [-0.3, -0.25) is 4.79 Å². The molecule has 0 unspecified atom stereocenters. The number of nitrogens with zero attached hydrogens (tertiary/aromatic N) is 2. The number of aromatic carboxylic acids is 1. The van der Waals surface area contributed by atoms with Gasteiger partial charge in [-0.25, -0.2) is 8.42 Å². The molecule has 1 aliphatic heterocycles. The lowest BCUT2D eigenvalue weighted by Gasteiger charge is -2.34. The SMILES string of the molecule is COc1ccc(S(=O)(=O)N2CCN(C(=O)c3ccc(C(=O)[O-])cc3)CC2)cc1. The number of carboxylic acids is 1. The molecule has 28 heavy (non-hydrogen) atoms. The van der Waals surface area contributed by atoms with Crippen LogP contribution < -0.4 is 9.84 Å². The Kier molecular flexibility index (Phi) is 5.66. The summed E-state index contributed by atoms with van der Waals surface area (Å²) in [5.74, 6) is -1.01. The Bertz CT molecular complexity index is 962. The molecule has 1 amide bonds. The van der Waals surface area contributed by atoms with E-state index < -0.39 is 16.0 Å². The Balaban J connectivity index is 1.66. The molecule has 1 heterocycles. The second-order valence-electron chi connectivity index (χ2n) is 6.24. The zero-order valence-electron chi connectivity index (χ0n) is 15.2. The Morgan fingerprint density at radius 2 is 1.43 bits per heavy atom. The predicted molar refractivity (Wildman–Crippen MR) is 98.4 cm³/mol. The number of benzene rings is 2. The topological polar surface area (TPSA) is 107 Å². The number of carbonyl (C=O) groups excluding carboxylic acids is 2. The summed E-state index contributed by atoms with van der Waals surface area (Å²) in [5.41, 5.74) is 0.336. The molecule has 148 valence electrons. The van der Waals surface area contributed by atoms with Gasteiger partial charge >= 0.3 is 0 Å². The van der Waals surface area contributed by atoms with Crippen LogP contribution in [0.1, 0.15) is 20.7 Å². The molecule has 0 spiro atoms. The van der Waals surface area contributed by atoms with Crippen LogP contribution in [0, 0.1) is 0 Å². The molecule has 3 rings (SSSR count). The van der Waals surface area contributed by atoms with E-state index in [0.717, 1.165) is 0 Å². The van der Waals surface area contributed by atoms with Gasteiger partial charge in [-0.2, -0.15) is 4.31 Å². The van der Waals surface area contributed by atoms with Gasteiger partial charge in [0.1, 0.15) is 5.75 Å². The number of carbonyl (C=O) groups is 2. The van der Waals surface area contributed by atoms with Crippen molar-refractivity contribution in [2.24, 2.45) is 0 Å². The lowest BCUT2D eigenvalue weighted by molar-refractivity contribution is -0.255.